The molecule has 1 N–H and O–H groups in total. The van der Waals surface area contributed by atoms with E-state index < -0.39 is 11.3 Å². The average Bonchev–Trinajstić information content (AvgIpc) is 3.09. The Morgan fingerprint density at radius 2 is 2.03 bits per heavy atom. The van der Waals surface area contributed by atoms with Gasteiger partial charge in [0.1, 0.15) is 11.9 Å². The lowest BCUT2D eigenvalue weighted by Gasteiger charge is -2.27. The van der Waals surface area contributed by atoms with E-state index in [0.717, 1.165) is 17.7 Å². The lowest BCUT2D eigenvalue weighted by Crippen LogP contribution is -2.42. The van der Waals surface area contributed by atoms with E-state index in [1.54, 1.807) is 29.2 Å². The number of fused-ring (bicyclic) bond motifs is 3. The number of hydrogen-bond acceptors (Lipinski definition) is 5. The van der Waals surface area contributed by atoms with Gasteiger partial charge in [0.2, 0.25) is 5.91 Å². The lowest BCUT2D eigenvalue weighted by atomic mass is 10.1. The number of rotatable bonds is 6. The Morgan fingerprint density at radius 3 is 2.77 bits per heavy atom. The molecule has 2 unspecified atom stereocenters. The highest BCUT2D eigenvalue weighted by Crippen LogP contribution is 2.36. The Kier molecular flexibility index (Phi) is 6.43. The first-order valence-corrected chi connectivity index (χ1v) is 11.6. The molecule has 2 aromatic rings. The summed E-state index contributed by atoms with van der Waals surface area (Å²) in [6, 6.07) is 14.3. The van der Waals surface area contributed by atoms with Gasteiger partial charge >= 0.3 is 0 Å². The predicted octanol–water partition coefficient (Wildman–Crippen LogP) is 5.25. The molecule has 2 heterocycles. The highest BCUT2D eigenvalue weighted by Gasteiger charge is 2.41. The Labute approximate surface area is 190 Å². The summed E-state index contributed by atoms with van der Waals surface area (Å²) in [5, 5.41) is 3.53. The van der Waals surface area contributed by atoms with Gasteiger partial charge in [0.05, 0.1) is 10.9 Å². The van der Waals surface area contributed by atoms with Crippen LogP contribution in [0, 0.1) is 0 Å². The van der Waals surface area contributed by atoms with Crippen molar-refractivity contribution in [3.05, 3.63) is 59.1 Å². The van der Waals surface area contributed by atoms with E-state index in [0.29, 0.717) is 34.6 Å². The van der Waals surface area contributed by atoms with Crippen molar-refractivity contribution in [3.8, 4) is 0 Å². The van der Waals surface area contributed by atoms with Gasteiger partial charge < -0.3 is 5.32 Å². The quantitative estimate of drug-likeness (QED) is 0.647. The second-order valence-electron chi connectivity index (χ2n) is 7.36. The summed E-state index contributed by atoms with van der Waals surface area (Å²) >= 11 is 7.32. The minimum Gasteiger partial charge on any atom is -0.325 e. The van der Waals surface area contributed by atoms with Gasteiger partial charge in [-0.05, 0) is 43.2 Å². The van der Waals surface area contributed by atoms with Crippen LogP contribution in [0.25, 0.3) is 0 Å². The molecule has 0 spiro atoms. The van der Waals surface area contributed by atoms with Crippen LogP contribution in [0.3, 0.4) is 0 Å². The fourth-order valence-corrected chi connectivity index (χ4v) is 4.79. The molecule has 2 amide bonds. The van der Waals surface area contributed by atoms with E-state index in [-0.39, 0.29) is 11.8 Å². The molecule has 6 nitrogen and oxygen atoms in total. The Hall–Kier alpha value is -2.64. The zero-order valence-corrected chi connectivity index (χ0v) is 18.9. The standard InChI is InChI=1S/C23H23ClN4O2S/c1-3-8-18-22(30)28-20(26-18)16-11-5-6-12-17(16)27-23(28)31-19(4-2)21(29)25-15-10-7-9-14(24)13-15/h5-7,9-13,18-19H,3-4,8H2,1-2H3,(H,25,29). The molecule has 8 heteroatoms. The smallest absolute Gasteiger partial charge is 0.259 e. The molecular weight excluding hydrogens is 432 g/mol. The van der Waals surface area contributed by atoms with Gasteiger partial charge in [-0.15, -0.1) is 0 Å². The monoisotopic (exact) mass is 454 g/mol. The number of anilines is 1. The summed E-state index contributed by atoms with van der Waals surface area (Å²) in [5.74, 6) is 0.385. The van der Waals surface area contributed by atoms with Crippen LogP contribution in [-0.2, 0) is 9.59 Å². The Bertz CT molecular complexity index is 1080. The predicted molar refractivity (Wildman–Crippen MR) is 127 cm³/mol. The first-order valence-electron chi connectivity index (χ1n) is 10.3. The van der Waals surface area contributed by atoms with Gasteiger partial charge in [0.15, 0.2) is 5.17 Å². The van der Waals surface area contributed by atoms with E-state index in [1.165, 1.54) is 11.8 Å². The highest BCUT2D eigenvalue weighted by atomic mass is 35.5. The second-order valence-corrected chi connectivity index (χ2v) is 8.96. The molecular formula is C23H23ClN4O2S. The van der Waals surface area contributed by atoms with Crippen LogP contribution in [0.2, 0.25) is 5.02 Å². The van der Waals surface area contributed by atoms with Crippen molar-refractivity contribution < 1.29 is 9.59 Å². The van der Waals surface area contributed by atoms with Gasteiger partial charge in [-0.25, -0.2) is 9.89 Å². The maximum absolute atomic E-state index is 13.1. The van der Waals surface area contributed by atoms with E-state index in [2.05, 4.69) is 5.32 Å². The average molecular weight is 455 g/mol. The number of carbonyl (C=O) groups excluding carboxylic acids is 2. The van der Waals surface area contributed by atoms with Crippen molar-refractivity contribution in [2.24, 2.45) is 9.98 Å². The molecule has 31 heavy (non-hydrogen) atoms. The summed E-state index contributed by atoms with van der Waals surface area (Å²) in [7, 11) is 0. The van der Waals surface area contributed by atoms with E-state index in [4.69, 9.17) is 21.6 Å². The maximum Gasteiger partial charge on any atom is 0.259 e. The maximum atomic E-state index is 13.1. The molecule has 0 aromatic heterocycles. The van der Waals surface area contributed by atoms with Crippen LogP contribution in [0.5, 0.6) is 0 Å². The molecule has 0 saturated carbocycles. The first-order chi connectivity index (χ1) is 15.0. The summed E-state index contributed by atoms with van der Waals surface area (Å²) in [5.41, 5.74) is 2.24. The topological polar surface area (TPSA) is 74.1 Å². The number of hydrogen-bond donors (Lipinski definition) is 1. The molecule has 4 rings (SSSR count). The first kappa shape index (κ1) is 21.6. The van der Waals surface area contributed by atoms with Crippen LogP contribution >= 0.6 is 23.4 Å². The number of aliphatic imine (C=N–C) groups is 2. The van der Waals surface area contributed by atoms with Crippen molar-refractivity contribution in [1.29, 1.82) is 0 Å². The van der Waals surface area contributed by atoms with Gasteiger partial charge in [-0.2, -0.15) is 0 Å². The molecule has 0 fully saturated rings. The van der Waals surface area contributed by atoms with Crippen molar-refractivity contribution in [2.75, 3.05) is 5.32 Å². The van der Waals surface area contributed by atoms with E-state index in [1.807, 2.05) is 38.1 Å². The van der Waals surface area contributed by atoms with Crippen LogP contribution in [-0.4, -0.2) is 39.0 Å². The summed E-state index contributed by atoms with van der Waals surface area (Å²) in [6.45, 7) is 3.98. The number of para-hydroxylation sites is 1. The van der Waals surface area contributed by atoms with Crippen molar-refractivity contribution in [2.45, 2.75) is 44.4 Å². The minimum atomic E-state index is -0.428. The van der Waals surface area contributed by atoms with Crippen LogP contribution in [0.4, 0.5) is 11.4 Å². The number of benzene rings is 2. The number of nitrogens with zero attached hydrogens (tertiary/aromatic N) is 3. The normalized spacial score (nSPS) is 18.1. The van der Waals surface area contributed by atoms with Crippen LogP contribution in [0.1, 0.15) is 38.7 Å². The zero-order valence-electron chi connectivity index (χ0n) is 17.3. The van der Waals surface area contributed by atoms with Gasteiger partial charge in [-0.1, -0.05) is 61.8 Å². The summed E-state index contributed by atoms with van der Waals surface area (Å²) in [6.07, 6.45) is 2.12. The SMILES string of the molecule is CCCC1N=C2c3ccccc3N=C(SC(CC)C(=O)Nc3cccc(Cl)c3)N2C1=O. The molecule has 2 aliphatic rings. The molecule has 0 saturated heterocycles. The number of thioether (sulfide) groups is 1. The number of halogens is 1. The number of amides is 2. The van der Waals surface area contributed by atoms with Gasteiger partial charge in [0, 0.05) is 16.3 Å². The third kappa shape index (κ3) is 4.38. The second kappa shape index (κ2) is 9.24. The van der Waals surface area contributed by atoms with Crippen molar-refractivity contribution in [3.63, 3.8) is 0 Å². The molecule has 2 aliphatic heterocycles. The zero-order chi connectivity index (χ0) is 22.0. The highest BCUT2D eigenvalue weighted by molar-refractivity contribution is 8.15. The van der Waals surface area contributed by atoms with Crippen LogP contribution in [0.15, 0.2) is 58.5 Å². The fourth-order valence-electron chi connectivity index (χ4n) is 3.58. The number of amidine groups is 2. The lowest BCUT2D eigenvalue weighted by molar-refractivity contribution is -0.124. The molecule has 2 aromatic carbocycles. The Balaban J connectivity index is 1.61. The summed E-state index contributed by atoms with van der Waals surface area (Å²) in [4.78, 5) is 37.1. The third-order valence-corrected chi connectivity index (χ3v) is 6.66. The molecule has 0 radical (unpaired) electrons. The van der Waals surface area contributed by atoms with Gasteiger partial charge in [0.25, 0.3) is 5.91 Å². The van der Waals surface area contributed by atoms with Crippen molar-refractivity contribution >= 4 is 57.6 Å². The number of carbonyl (C=O) groups is 2. The van der Waals surface area contributed by atoms with E-state index in [9.17, 15) is 9.59 Å². The fraction of sp³-hybridized carbons (Fsp3) is 0.304. The van der Waals surface area contributed by atoms with Gasteiger partial charge in [-0.3, -0.25) is 14.6 Å². The number of nitrogens with one attached hydrogen (secondary N) is 1. The van der Waals surface area contributed by atoms with Crippen LogP contribution < -0.4 is 5.32 Å². The molecule has 0 aliphatic carbocycles. The summed E-state index contributed by atoms with van der Waals surface area (Å²) < 4.78 is 0. The Morgan fingerprint density at radius 1 is 1.23 bits per heavy atom. The van der Waals surface area contributed by atoms with Crippen molar-refractivity contribution in [1.82, 2.24) is 4.90 Å². The molecule has 0 bridgehead atoms. The largest absolute Gasteiger partial charge is 0.325 e. The van der Waals surface area contributed by atoms with E-state index >= 15 is 0 Å². The third-order valence-electron chi connectivity index (χ3n) is 5.11. The minimum absolute atomic E-state index is 0.0808. The molecule has 2 atom stereocenters. The molecule has 160 valence electrons.